The molecule has 2 N–H and O–H groups in total. The van der Waals surface area contributed by atoms with E-state index in [9.17, 15) is 14.7 Å². The highest BCUT2D eigenvalue weighted by Crippen LogP contribution is 2.44. The first-order valence-electron chi connectivity index (χ1n) is 8.42. The van der Waals surface area contributed by atoms with Crippen molar-refractivity contribution in [3.8, 4) is 28.1 Å². The van der Waals surface area contributed by atoms with Crippen LogP contribution in [-0.4, -0.2) is 32.4 Å². The van der Waals surface area contributed by atoms with Crippen molar-refractivity contribution in [2.24, 2.45) is 0 Å². The number of aromatic amines is 1. The average molecular weight is 349 g/mol. The van der Waals surface area contributed by atoms with Crippen LogP contribution in [-0.2, 0) is 19.4 Å². The molecule has 0 aliphatic carbocycles. The number of carbonyl (C=O) groups is 1. The van der Waals surface area contributed by atoms with Crippen molar-refractivity contribution in [2.45, 2.75) is 19.4 Å². The Hall–Kier alpha value is -3.35. The summed E-state index contributed by atoms with van der Waals surface area (Å²) in [6.45, 7) is 1.28. The lowest BCUT2D eigenvalue weighted by molar-refractivity contribution is 0.0694. The summed E-state index contributed by atoms with van der Waals surface area (Å²) in [6, 6.07) is 3.46. The summed E-state index contributed by atoms with van der Waals surface area (Å²) in [5.41, 5.74) is 5.27. The number of hydrogen-bond acceptors (Lipinski definition) is 4. The van der Waals surface area contributed by atoms with Crippen LogP contribution in [0.4, 0.5) is 0 Å². The van der Waals surface area contributed by atoms with Gasteiger partial charge in [-0.15, -0.1) is 0 Å². The molecular weight excluding hydrogens is 334 g/mol. The number of ether oxygens (including phenoxy) is 1. The largest absolute Gasteiger partial charge is 0.492 e. The van der Waals surface area contributed by atoms with E-state index in [0.29, 0.717) is 13.2 Å². The zero-order valence-electron chi connectivity index (χ0n) is 13.8. The summed E-state index contributed by atoms with van der Waals surface area (Å²) in [6.07, 6.45) is 6.62. The molecule has 2 aliphatic rings. The van der Waals surface area contributed by atoms with Gasteiger partial charge in [0.2, 0.25) is 0 Å². The molecule has 3 aromatic rings. The van der Waals surface area contributed by atoms with Gasteiger partial charge >= 0.3 is 5.97 Å². The predicted molar refractivity (Wildman–Crippen MR) is 93.6 cm³/mol. The number of aromatic nitrogens is 3. The van der Waals surface area contributed by atoms with Crippen LogP contribution in [0.2, 0.25) is 0 Å². The van der Waals surface area contributed by atoms with Gasteiger partial charge in [0.1, 0.15) is 11.3 Å². The maximum absolute atomic E-state index is 12.3. The Balaban J connectivity index is 1.79. The van der Waals surface area contributed by atoms with Gasteiger partial charge in [0.15, 0.2) is 5.43 Å². The van der Waals surface area contributed by atoms with Crippen LogP contribution in [0.25, 0.3) is 22.4 Å². The molecule has 2 aromatic heterocycles. The van der Waals surface area contributed by atoms with E-state index in [1.54, 1.807) is 6.20 Å². The average Bonchev–Trinajstić information content (AvgIpc) is 3.32. The number of carboxylic acid groups (broad SMARTS) is 1. The minimum atomic E-state index is -1.20. The SMILES string of the molecule is O=C(O)c1cn2c(cc1=O)-c1cc(-c3cn[nH]c3)c3c(c1CC2)CCO3. The minimum absolute atomic E-state index is 0.197. The smallest absolute Gasteiger partial charge is 0.341 e. The first-order valence-corrected chi connectivity index (χ1v) is 8.42. The highest BCUT2D eigenvalue weighted by atomic mass is 16.5. The summed E-state index contributed by atoms with van der Waals surface area (Å²) >= 11 is 0. The highest BCUT2D eigenvalue weighted by Gasteiger charge is 2.28. The van der Waals surface area contributed by atoms with E-state index >= 15 is 0 Å². The minimum Gasteiger partial charge on any atom is -0.492 e. The van der Waals surface area contributed by atoms with E-state index in [1.165, 1.54) is 23.4 Å². The first-order chi connectivity index (χ1) is 12.6. The number of carboxylic acids is 1. The third kappa shape index (κ3) is 2.03. The molecule has 0 amide bonds. The van der Waals surface area contributed by atoms with Crippen LogP contribution in [0.1, 0.15) is 21.5 Å². The molecule has 0 saturated carbocycles. The summed E-state index contributed by atoms with van der Waals surface area (Å²) in [4.78, 5) is 23.5. The molecule has 7 nitrogen and oxygen atoms in total. The van der Waals surface area contributed by atoms with Gasteiger partial charge < -0.3 is 14.4 Å². The molecule has 26 heavy (non-hydrogen) atoms. The maximum Gasteiger partial charge on any atom is 0.341 e. The molecule has 4 heterocycles. The number of aryl methyl sites for hydroxylation is 1. The molecule has 0 unspecified atom stereocenters. The Morgan fingerprint density at radius 1 is 1.23 bits per heavy atom. The molecule has 1 aromatic carbocycles. The fourth-order valence-corrected chi connectivity index (χ4v) is 3.95. The Morgan fingerprint density at radius 2 is 2.12 bits per heavy atom. The quantitative estimate of drug-likeness (QED) is 0.738. The van der Waals surface area contributed by atoms with E-state index in [-0.39, 0.29) is 5.56 Å². The third-order valence-corrected chi connectivity index (χ3v) is 5.14. The number of pyridine rings is 1. The van der Waals surface area contributed by atoms with E-state index in [4.69, 9.17) is 4.74 Å². The van der Waals surface area contributed by atoms with Gasteiger partial charge in [-0.1, -0.05) is 0 Å². The molecular formula is C19H15N3O4. The van der Waals surface area contributed by atoms with Gasteiger partial charge in [0.25, 0.3) is 0 Å². The zero-order chi connectivity index (χ0) is 17.8. The van der Waals surface area contributed by atoms with Crippen LogP contribution >= 0.6 is 0 Å². The van der Waals surface area contributed by atoms with Gasteiger partial charge in [0, 0.05) is 53.7 Å². The Bertz CT molecular complexity index is 1110. The van der Waals surface area contributed by atoms with E-state index in [0.717, 1.165) is 41.0 Å². The van der Waals surface area contributed by atoms with Crippen molar-refractivity contribution in [2.75, 3.05) is 6.61 Å². The van der Waals surface area contributed by atoms with Gasteiger partial charge in [-0.2, -0.15) is 5.10 Å². The van der Waals surface area contributed by atoms with Crippen LogP contribution in [0.15, 0.2) is 35.5 Å². The standard InChI is InChI=1S/C19H15N3O4/c23-17-6-16-14-5-13(10-7-20-21-8-10)18-12(2-4-26-18)11(14)1-3-22(16)9-15(17)19(24)25/h5-9H,1-4H2,(H,20,21)(H,24,25). The van der Waals surface area contributed by atoms with E-state index in [2.05, 4.69) is 10.2 Å². The lowest BCUT2D eigenvalue weighted by Gasteiger charge is -2.25. The molecule has 0 bridgehead atoms. The number of nitrogens with one attached hydrogen (secondary N) is 1. The fraction of sp³-hybridized carbons (Fsp3) is 0.211. The number of nitrogens with zero attached hydrogens (tertiary/aromatic N) is 2. The lowest BCUT2D eigenvalue weighted by Crippen LogP contribution is -2.22. The maximum atomic E-state index is 12.3. The predicted octanol–water partition coefficient (Wildman–Crippen LogP) is 2.09. The first kappa shape index (κ1) is 14.9. The van der Waals surface area contributed by atoms with Crippen LogP contribution in [0, 0.1) is 0 Å². The molecule has 0 saturated heterocycles. The number of rotatable bonds is 2. The van der Waals surface area contributed by atoms with Gasteiger partial charge in [-0.05, 0) is 18.1 Å². The number of H-pyrrole nitrogens is 1. The summed E-state index contributed by atoms with van der Waals surface area (Å²) < 4.78 is 7.75. The monoisotopic (exact) mass is 349 g/mol. The molecule has 0 spiro atoms. The normalized spacial score (nSPS) is 14.3. The summed E-state index contributed by atoms with van der Waals surface area (Å²) in [5.74, 6) is -0.305. The second kappa shape index (κ2) is 5.32. The van der Waals surface area contributed by atoms with Crippen molar-refractivity contribution < 1.29 is 14.6 Å². The van der Waals surface area contributed by atoms with Crippen LogP contribution in [0.5, 0.6) is 5.75 Å². The molecule has 5 rings (SSSR count). The molecule has 0 fully saturated rings. The zero-order valence-corrected chi connectivity index (χ0v) is 13.8. The number of fused-ring (bicyclic) bond motifs is 5. The van der Waals surface area contributed by atoms with Crippen LogP contribution < -0.4 is 10.2 Å². The molecule has 130 valence electrons. The van der Waals surface area contributed by atoms with Gasteiger partial charge in [0.05, 0.1) is 18.5 Å². The second-order valence-electron chi connectivity index (χ2n) is 6.53. The Morgan fingerprint density at radius 3 is 2.88 bits per heavy atom. The second-order valence-corrected chi connectivity index (χ2v) is 6.53. The van der Waals surface area contributed by atoms with Crippen molar-refractivity contribution in [1.82, 2.24) is 14.8 Å². The Kier molecular flexibility index (Phi) is 3.06. The summed E-state index contributed by atoms with van der Waals surface area (Å²) in [7, 11) is 0. The van der Waals surface area contributed by atoms with Crippen molar-refractivity contribution in [1.29, 1.82) is 0 Å². The fourth-order valence-electron chi connectivity index (χ4n) is 3.95. The van der Waals surface area contributed by atoms with Crippen molar-refractivity contribution in [3.05, 3.63) is 57.6 Å². The molecule has 0 atom stereocenters. The van der Waals surface area contributed by atoms with E-state index in [1.807, 2.05) is 16.8 Å². The summed E-state index contributed by atoms with van der Waals surface area (Å²) in [5, 5.41) is 16.1. The number of hydrogen-bond donors (Lipinski definition) is 2. The van der Waals surface area contributed by atoms with Gasteiger partial charge in [-0.25, -0.2) is 4.79 Å². The lowest BCUT2D eigenvalue weighted by atomic mass is 9.88. The van der Waals surface area contributed by atoms with Crippen molar-refractivity contribution in [3.63, 3.8) is 0 Å². The van der Waals surface area contributed by atoms with Gasteiger partial charge in [-0.3, -0.25) is 9.89 Å². The molecule has 0 radical (unpaired) electrons. The van der Waals surface area contributed by atoms with Crippen molar-refractivity contribution >= 4 is 5.97 Å². The van der Waals surface area contributed by atoms with E-state index < -0.39 is 11.4 Å². The number of aromatic carboxylic acids is 1. The van der Waals surface area contributed by atoms with Crippen LogP contribution in [0.3, 0.4) is 0 Å². The number of benzene rings is 1. The molecule has 7 heteroatoms. The molecule has 2 aliphatic heterocycles. The topological polar surface area (TPSA) is 97.2 Å². The third-order valence-electron chi connectivity index (χ3n) is 5.14. The highest BCUT2D eigenvalue weighted by molar-refractivity contribution is 5.88. The Labute approximate surface area is 147 Å².